The number of benzene rings is 2. The Balaban J connectivity index is 1.76. The Hall–Kier alpha value is -4.51. The molecule has 35 heavy (non-hydrogen) atoms. The van der Waals surface area contributed by atoms with E-state index in [1.165, 1.54) is 20.1 Å². The van der Waals surface area contributed by atoms with Crippen LogP contribution in [0.4, 0.5) is 5.69 Å². The first kappa shape index (κ1) is 25.1. The van der Waals surface area contributed by atoms with Crippen LogP contribution in [0, 0.1) is 25.2 Å². The molecule has 1 amide bonds. The summed E-state index contributed by atoms with van der Waals surface area (Å²) in [5.74, 6) is -0.0820. The van der Waals surface area contributed by atoms with Gasteiger partial charge in [0.15, 0.2) is 6.10 Å². The molecule has 1 unspecified atom stereocenters. The van der Waals surface area contributed by atoms with Crippen LogP contribution >= 0.6 is 0 Å². The number of aryl methyl sites for hydroxylation is 1. The number of aromatic nitrogens is 1. The van der Waals surface area contributed by atoms with Crippen LogP contribution in [0.5, 0.6) is 11.5 Å². The molecule has 1 aromatic heterocycles. The van der Waals surface area contributed by atoms with E-state index in [2.05, 4.69) is 5.32 Å². The highest BCUT2D eigenvalue weighted by atomic mass is 16.5. The maximum Gasteiger partial charge on any atom is 0.349 e. The zero-order valence-corrected chi connectivity index (χ0v) is 20.3. The number of carbonyl (C=O) groups is 2. The smallest absolute Gasteiger partial charge is 0.349 e. The van der Waals surface area contributed by atoms with E-state index in [9.17, 15) is 14.9 Å². The third kappa shape index (κ3) is 5.89. The van der Waals surface area contributed by atoms with Gasteiger partial charge in [0.2, 0.25) is 0 Å². The zero-order chi connectivity index (χ0) is 25.5. The molecule has 180 valence electrons. The van der Waals surface area contributed by atoms with Crippen LogP contribution in [0.2, 0.25) is 0 Å². The summed E-state index contributed by atoms with van der Waals surface area (Å²) in [6.07, 6.45) is 0.356. The molecule has 0 fully saturated rings. The van der Waals surface area contributed by atoms with Gasteiger partial charge in [-0.05, 0) is 74.9 Å². The fraction of sp³-hybridized carbons (Fsp3) is 0.222. The molecule has 0 radical (unpaired) electrons. The Morgan fingerprint density at radius 1 is 1.03 bits per heavy atom. The molecule has 8 heteroatoms. The summed E-state index contributed by atoms with van der Waals surface area (Å²) in [6.45, 7) is 5.27. The molecule has 0 spiro atoms. The normalized spacial score (nSPS) is 11.8. The third-order valence-corrected chi connectivity index (χ3v) is 5.43. The average Bonchev–Trinajstić information content (AvgIpc) is 3.14. The number of ether oxygens (including phenoxy) is 3. The molecular weight excluding hydrogens is 446 g/mol. The summed E-state index contributed by atoms with van der Waals surface area (Å²) in [6, 6.07) is 18.1. The van der Waals surface area contributed by atoms with Gasteiger partial charge in [0, 0.05) is 28.8 Å². The van der Waals surface area contributed by atoms with E-state index in [1.54, 1.807) is 31.4 Å². The van der Waals surface area contributed by atoms with Gasteiger partial charge < -0.3 is 24.1 Å². The topological polar surface area (TPSA) is 103 Å². The van der Waals surface area contributed by atoms with Crippen LogP contribution < -0.4 is 14.8 Å². The van der Waals surface area contributed by atoms with Crippen LogP contribution in [-0.2, 0) is 14.3 Å². The molecule has 2 aromatic carbocycles. The average molecular weight is 474 g/mol. The zero-order valence-electron chi connectivity index (χ0n) is 20.3. The van der Waals surface area contributed by atoms with Crippen LogP contribution in [-0.4, -0.2) is 36.8 Å². The first-order valence-electron chi connectivity index (χ1n) is 10.9. The van der Waals surface area contributed by atoms with Crippen molar-refractivity contribution in [3.8, 4) is 23.3 Å². The van der Waals surface area contributed by atoms with Crippen LogP contribution in [0.1, 0.15) is 23.9 Å². The van der Waals surface area contributed by atoms with Crippen molar-refractivity contribution < 1.29 is 23.8 Å². The lowest BCUT2D eigenvalue weighted by Crippen LogP contribution is -2.30. The van der Waals surface area contributed by atoms with E-state index in [-0.39, 0.29) is 5.57 Å². The van der Waals surface area contributed by atoms with Gasteiger partial charge in [0.1, 0.15) is 23.1 Å². The maximum absolute atomic E-state index is 12.7. The Morgan fingerprint density at radius 2 is 1.71 bits per heavy atom. The van der Waals surface area contributed by atoms with Gasteiger partial charge in [-0.25, -0.2) is 4.79 Å². The summed E-state index contributed by atoms with van der Waals surface area (Å²) >= 11 is 0. The minimum Gasteiger partial charge on any atom is -0.497 e. The molecule has 0 aliphatic carbocycles. The summed E-state index contributed by atoms with van der Waals surface area (Å²) in [7, 11) is 3.13. The monoisotopic (exact) mass is 473 g/mol. The number of methoxy groups -OCH3 is 2. The number of nitrogens with zero attached hydrogens (tertiary/aromatic N) is 2. The van der Waals surface area contributed by atoms with E-state index in [4.69, 9.17) is 14.2 Å². The molecule has 0 aliphatic heterocycles. The predicted octanol–water partition coefficient (Wildman–Crippen LogP) is 4.59. The molecule has 0 saturated carbocycles. The van der Waals surface area contributed by atoms with Gasteiger partial charge in [0.05, 0.1) is 14.2 Å². The molecule has 3 aromatic rings. The summed E-state index contributed by atoms with van der Waals surface area (Å²) < 4.78 is 17.6. The number of rotatable bonds is 8. The maximum atomic E-state index is 12.7. The van der Waals surface area contributed by atoms with Crippen LogP contribution in [0.25, 0.3) is 11.8 Å². The Bertz CT molecular complexity index is 1300. The predicted molar refractivity (Wildman–Crippen MR) is 133 cm³/mol. The second-order valence-electron chi connectivity index (χ2n) is 7.80. The third-order valence-electron chi connectivity index (χ3n) is 5.43. The second-order valence-corrected chi connectivity index (χ2v) is 7.80. The highest BCUT2D eigenvalue weighted by Gasteiger charge is 2.21. The number of hydrogen-bond acceptors (Lipinski definition) is 6. The molecule has 8 nitrogen and oxygen atoms in total. The molecule has 0 saturated heterocycles. The molecule has 1 heterocycles. The van der Waals surface area contributed by atoms with E-state index >= 15 is 0 Å². The van der Waals surface area contributed by atoms with Gasteiger partial charge >= 0.3 is 5.97 Å². The molecular formula is C27H27N3O5. The number of nitriles is 1. The number of esters is 1. The van der Waals surface area contributed by atoms with Gasteiger partial charge in [-0.15, -0.1) is 0 Å². The largest absolute Gasteiger partial charge is 0.497 e. The fourth-order valence-corrected chi connectivity index (χ4v) is 3.58. The Morgan fingerprint density at radius 3 is 2.34 bits per heavy atom. The fourth-order valence-electron chi connectivity index (χ4n) is 3.58. The Kier molecular flexibility index (Phi) is 7.95. The molecule has 3 rings (SSSR count). The standard InChI is InChI=1S/C27H27N3O5/c1-17-13-20(18(2)30(17)23-9-11-24(33-4)12-10-23)14-21(16-28)27(32)35-19(3)26(31)29-22-7-6-8-25(15-22)34-5/h6-15,19H,1-5H3,(H,29,31)/b21-14+. The van der Waals surface area contributed by atoms with Crippen molar-refractivity contribution in [2.45, 2.75) is 26.9 Å². The van der Waals surface area contributed by atoms with Crippen LogP contribution in [0.15, 0.2) is 60.2 Å². The lowest BCUT2D eigenvalue weighted by molar-refractivity contribution is -0.148. The summed E-state index contributed by atoms with van der Waals surface area (Å²) in [5, 5.41) is 12.3. The first-order chi connectivity index (χ1) is 16.8. The van der Waals surface area contributed by atoms with E-state index in [1.807, 2.05) is 54.8 Å². The van der Waals surface area contributed by atoms with Crippen molar-refractivity contribution in [3.63, 3.8) is 0 Å². The van der Waals surface area contributed by atoms with Crippen molar-refractivity contribution in [2.75, 3.05) is 19.5 Å². The van der Waals surface area contributed by atoms with Crippen molar-refractivity contribution in [1.29, 1.82) is 5.26 Å². The van der Waals surface area contributed by atoms with Gasteiger partial charge in [-0.2, -0.15) is 5.26 Å². The SMILES string of the molecule is COc1ccc(-n2c(C)cc(/C=C(\C#N)C(=O)OC(C)C(=O)Nc3cccc(OC)c3)c2C)cc1. The minimum atomic E-state index is -1.11. The van der Waals surface area contributed by atoms with Crippen molar-refractivity contribution in [1.82, 2.24) is 4.57 Å². The second kappa shape index (κ2) is 11.1. The highest BCUT2D eigenvalue weighted by molar-refractivity contribution is 6.01. The van der Waals surface area contributed by atoms with E-state index in [0.29, 0.717) is 17.0 Å². The Labute approximate surface area is 204 Å². The number of hydrogen-bond donors (Lipinski definition) is 1. The lowest BCUT2D eigenvalue weighted by Gasteiger charge is -2.13. The number of amides is 1. The summed E-state index contributed by atoms with van der Waals surface area (Å²) in [5.41, 5.74) is 3.68. The van der Waals surface area contributed by atoms with Crippen molar-refractivity contribution >= 4 is 23.6 Å². The van der Waals surface area contributed by atoms with Gasteiger partial charge in [-0.1, -0.05) is 6.07 Å². The first-order valence-corrected chi connectivity index (χ1v) is 10.9. The molecule has 0 bridgehead atoms. The number of carbonyl (C=O) groups excluding carboxylic acids is 2. The highest BCUT2D eigenvalue weighted by Crippen LogP contribution is 2.25. The van der Waals surface area contributed by atoms with E-state index in [0.717, 1.165) is 22.8 Å². The van der Waals surface area contributed by atoms with Crippen molar-refractivity contribution in [3.05, 3.63) is 77.1 Å². The lowest BCUT2D eigenvalue weighted by atomic mass is 10.1. The number of nitrogens with one attached hydrogen (secondary N) is 1. The van der Waals surface area contributed by atoms with Gasteiger partial charge in [0.25, 0.3) is 5.91 Å². The van der Waals surface area contributed by atoms with Gasteiger partial charge in [-0.3, -0.25) is 4.79 Å². The van der Waals surface area contributed by atoms with E-state index < -0.39 is 18.0 Å². The molecule has 0 aliphatic rings. The number of anilines is 1. The minimum absolute atomic E-state index is 0.207. The van der Waals surface area contributed by atoms with Crippen LogP contribution in [0.3, 0.4) is 0 Å². The molecule has 1 atom stereocenters. The molecule has 1 N–H and O–H groups in total. The van der Waals surface area contributed by atoms with Crippen molar-refractivity contribution in [2.24, 2.45) is 0 Å². The summed E-state index contributed by atoms with van der Waals surface area (Å²) in [4.78, 5) is 25.1. The quantitative estimate of drug-likeness (QED) is 0.292.